The van der Waals surface area contributed by atoms with E-state index in [0.717, 1.165) is 24.2 Å². The van der Waals surface area contributed by atoms with Crippen molar-refractivity contribution in [3.8, 4) is 0 Å². The van der Waals surface area contributed by atoms with E-state index in [2.05, 4.69) is 12.2 Å². The first-order valence-electron chi connectivity index (χ1n) is 8.42. The Kier molecular flexibility index (Phi) is 5.48. The molecule has 0 aliphatic heterocycles. The van der Waals surface area contributed by atoms with Gasteiger partial charge < -0.3 is 14.8 Å². The summed E-state index contributed by atoms with van der Waals surface area (Å²) < 4.78 is 5.26. The van der Waals surface area contributed by atoms with Crippen molar-refractivity contribution in [2.75, 3.05) is 0 Å². The third-order valence-corrected chi connectivity index (χ3v) is 5.44. The standard InChI is InChI=1S/C19H21NO4S/c1-2-5-12-10-15(12)20-18(21)14-6-3-4-7-17(14)25-11-16-13(19(22)23)8-9-24-16/h3-4,6-9,12,15H,2,5,10-11H2,1H3,(H,20,21)(H,22,23). The average molecular weight is 359 g/mol. The molecule has 25 heavy (non-hydrogen) atoms. The second kappa shape index (κ2) is 7.78. The molecule has 2 aromatic rings. The van der Waals surface area contributed by atoms with Gasteiger partial charge in [0.2, 0.25) is 0 Å². The van der Waals surface area contributed by atoms with Crippen molar-refractivity contribution >= 4 is 23.6 Å². The predicted octanol–water partition coefficient (Wildman–Crippen LogP) is 4.19. The molecule has 1 amide bonds. The molecule has 0 spiro atoms. The van der Waals surface area contributed by atoms with Crippen LogP contribution in [0.3, 0.4) is 0 Å². The summed E-state index contributed by atoms with van der Waals surface area (Å²) in [5.41, 5.74) is 0.785. The van der Waals surface area contributed by atoms with Crippen LogP contribution in [0.4, 0.5) is 0 Å². The van der Waals surface area contributed by atoms with Gasteiger partial charge in [0, 0.05) is 10.9 Å². The molecule has 0 radical (unpaired) electrons. The number of hydrogen-bond donors (Lipinski definition) is 2. The molecular weight excluding hydrogens is 338 g/mol. The minimum Gasteiger partial charge on any atom is -0.478 e. The van der Waals surface area contributed by atoms with Crippen LogP contribution in [0, 0.1) is 5.92 Å². The zero-order valence-corrected chi connectivity index (χ0v) is 14.8. The molecule has 2 unspecified atom stereocenters. The van der Waals surface area contributed by atoms with Crippen molar-refractivity contribution in [1.82, 2.24) is 5.32 Å². The lowest BCUT2D eigenvalue weighted by atomic mass is 10.2. The van der Waals surface area contributed by atoms with Gasteiger partial charge in [-0.05, 0) is 37.0 Å². The summed E-state index contributed by atoms with van der Waals surface area (Å²) in [5.74, 6) is 0.296. The maximum Gasteiger partial charge on any atom is 0.339 e. The lowest BCUT2D eigenvalue weighted by molar-refractivity contribution is 0.0694. The summed E-state index contributed by atoms with van der Waals surface area (Å²) >= 11 is 1.41. The SMILES string of the molecule is CCCC1CC1NC(=O)c1ccccc1SCc1occc1C(=O)O. The van der Waals surface area contributed by atoms with Gasteiger partial charge in [0.15, 0.2) is 0 Å². The van der Waals surface area contributed by atoms with Crippen molar-refractivity contribution in [3.63, 3.8) is 0 Å². The molecule has 6 heteroatoms. The number of hydrogen-bond acceptors (Lipinski definition) is 4. The average Bonchev–Trinajstić information content (AvgIpc) is 3.14. The number of carbonyl (C=O) groups is 2. The van der Waals surface area contributed by atoms with Gasteiger partial charge >= 0.3 is 5.97 Å². The summed E-state index contributed by atoms with van der Waals surface area (Å²) in [6, 6.07) is 9.11. The summed E-state index contributed by atoms with van der Waals surface area (Å²) in [6.45, 7) is 2.16. The lowest BCUT2D eigenvalue weighted by Gasteiger charge is -2.09. The minimum absolute atomic E-state index is 0.0652. The number of carboxylic acid groups (broad SMARTS) is 1. The Morgan fingerprint density at radius 2 is 2.08 bits per heavy atom. The molecule has 0 bridgehead atoms. The second-order valence-corrected chi connectivity index (χ2v) is 7.23. The third-order valence-electron chi connectivity index (χ3n) is 4.36. The zero-order chi connectivity index (χ0) is 17.8. The number of rotatable bonds is 8. The molecule has 1 aliphatic rings. The summed E-state index contributed by atoms with van der Waals surface area (Å²) in [6.07, 6.45) is 4.72. The van der Waals surface area contributed by atoms with Crippen LogP contribution in [-0.2, 0) is 5.75 Å². The monoisotopic (exact) mass is 359 g/mol. The fraction of sp³-hybridized carbons (Fsp3) is 0.368. The molecule has 5 nitrogen and oxygen atoms in total. The molecule has 3 rings (SSSR count). The Morgan fingerprint density at radius 1 is 1.28 bits per heavy atom. The highest BCUT2D eigenvalue weighted by Crippen LogP contribution is 2.35. The molecule has 1 aromatic heterocycles. The smallest absolute Gasteiger partial charge is 0.339 e. The number of aromatic carboxylic acids is 1. The van der Waals surface area contributed by atoms with Crippen LogP contribution < -0.4 is 5.32 Å². The molecule has 132 valence electrons. The lowest BCUT2D eigenvalue weighted by Crippen LogP contribution is -2.27. The van der Waals surface area contributed by atoms with Gasteiger partial charge in [-0.1, -0.05) is 25.5 Å². The number of amides is 1. The number of furan rings is 1. The molecule has 1 fully saturated rings. The zero-order valence-electron chi connectivity index (χ0n) is 14.0. The molecule has 1 aliphatic carbocycles. The van der Waals surface area contributed by atoms with Gasteiger partial charge in [0.1, 0.15) is 11.3 Å². The number of carboxylic acids is 1. The number of nitrogens with one attached hydrogen (secondary N) is 1. The van der Waals surface area contributed by atoms with Gasteiger partial charge in [0.25, 0.3) is 5.91 Å². The quantitative estimate of drug-likeness (QED) is 0.691. The van der Waals surface area contributed by atoms with E-state index in [0.29, 0.717) is 23.0 Å². The van der Waals surface area contributed by atoms with E-state index in [1.165, 1.54) is 24.1 Å². The fourth-order valence-electron chi connectivity index (χ4n) is 2.93. The Morgan fingerprint density at radius 3 is 2.84 bits per heavy atom. The van der Waals surface area contributed by atoms with Gasteiger partial charge in [-0.15, -0.1) is 11.8 Å². The van der Waals surface area contributed by atoms with Gasteiger partial charge in [-0.25, -0.2) is 4.79 Å². The van der Waals surface area contributed by atoms with Gasteiger partial charge in [-0.2, -0.15) is 0 Å². The van der Waals surface area contributed by atoms with Crippen molar-refractivity contribution in [3.05, 3.63) is 53.5 Å². The number of thioether (sulfide) groups is 1. The Bertz CT molecular complexity index is 770. The molecule has 2 N–H and O–H groups in total. The van der Waals surface area contributed by atoms with Crippen LogP contribution >= 0.6 is 11.8 Å². The van der Waals surface area contributed by atoms with Crippen LogP contribution in [0.25, 0.3) is 0 Å². The first-order chi connectivity index (χ1) is 12.1. The van der Waals surface area contributed by atoms with E-state index in [-0.39, 0.29) is 17.5 Å². The highest BCUT2D eigenvalue weighted by Gasteiger charge is 2.37. The molecule has 2 atom stereocenters. The number of carbonyl (C=O) groups excluding carboxylic acids is 1. The fourth-order valence-corrected chi connectivity index (χ4v) is 3.93. The van der Waals surface area contributed by atoms with E-state index >= 15 is 0 Å². The van der Waals surface area contributed by atoms with Crippen molar-refractivity contribution in [1.29, 1.82) is 0 Å². The number of benzene rings is 1. The highest BCUT2D eigenvalue weighted by molar-refractivity contribution is 7.98. The molecular formula is C19H21NO4S. The topological polar surface area (TPSA) is 79.5 Å². The Labute approximate surface area is 150 Å². The van der Waals surface area contributed by atoms with Crippen LogP contribution in [0.15, 0.2) is 45.9 Å². The summed E-state index contributed by atoms with van der Waals surface area (Å²) in [7, 11) is 0. The van der Waals surface area contributed by atoms with E-state index in [1.807, 2.05) is 18.2 Å². The highest BCUT2D eigenvalue weighted by atomic mass is 32.2. The van der Waals surface area contributed by atoms with E-state index in [1.54, 1.807) is 6.07 Å². The molecule has 1 heterocycles. The Balaban J connectivity index is 1.65. The first kappa shape index (κ1) is 17.6. The van der Waals surface area contributed by atoms with Gasteiger partial charge in [-0.3, -0.25) is 4.79 Å². The van der Waals surface area contributed by atoms with Crippen LogP contribution in [-0.4, -0.2) is 23.0 Å². The molecule has 1 aromatic carbocycles. The minimum atomic E-state index is -1.01. The van der Waals surface area contributed by atoms with Crippen LogP contribution in [0.5, 0.6) is 0 Å². The first-order valence-corrected chi connectivity index (χ1v) is 9.41. The van der Waals surface area contributed by atoms with Crippen LogP contribution in [0.2, 0.25) is 0 Å². The summed E-state index contributed by atoms with van der Waals surface area (Å²) in [4.78, 5) is 24.5. The maximum atomic E-state index is 12.6. The maximum absolute atomic E-state index is 12.6. The predicted molar refractivity (Wildman–Crippen MR) is 95.9 cm³/mol. The largest absolute Gasteiger partial charge is 0.478 e. The summed E-state index contributed by atoms with van der Waals surface area (Å²) in [5, 5.41) is 12.2. The van der Waals surface area contributed by atoms with E-state index in [4.69, 9.17) is 9.52 Å². The van der Waals surface area contributed by atoms with E-state index < -0.39 is 5.97 Å². The van der Waals surface area contributed by atoms with E-state index in [9.17, 15) is 9.59 Å². The third kappa shape index (κ3) is 4.25. The van der Waals surface area contributed by atoms with Gasteiger partial charge in [0.05, 0.1) is 17.6 Å². The molecule has 0 saturated heterocycles. The molecule has 1 saturated carbocycles. The normalized spacial score (nSPS) is 18.8. The second-order valence-electron chi connectivity index (χ2n) is 6.21. The van der Waals surface area contributed by atoms with Crippen LogP contribution in [0.1, 0.15) is 52.7 Å². The Hall–Kier alpha value is -2.21. The van der Waals surface area contributed by atoms with Crippen molar-refractivity contribution in [2.24, 2.45) is 5.92 Å². The van der Waals surface area contributed by atoms with Crippen molar-refractivity contribution < 1.29 is 19.1 Å². The van der Waals surface area contributed by atoms with Crippen molar-refractivity contribution in [2.45, 2.75) is 42.9 Å².